The maximum absolute atomic E-state index is 13.6. The fourth-order valence-corrected chi connectivity index (χ4v) is 3.75. The van der Waals surface area contributed by atoms with E-state index in [1.54, 1.807) is 12.1 Å². The number of ketones is 1. The summed E-state index contributed by atoms with van der Waals surface area (Å²) < 4.78 is 48.0. The fourth-order valence-electron chi connectivity index (χ4n) is 3.75. The summed E-state index contributed by atoms with van der Waals surface area (Å²) in [5.41, 5.74) is 0.577. The highest BCUT2D eigenvalue weighted by molar-refractivity contribution is 6.20. The number of ether oxygens (including phenoxy) is 2. The van der Waals surface area contributed by atoms with Gasteiger partial charge in [0, 0.05) is 11.3 Å². The van der Waals surface area contributed by atoms with E-state index in [2.05, 4.69) is 4.74 Å². The summed E-state index contributed by atoms with van der Waals surface area (Å²) in [6, 6.07) is 15.3. The van der Waals surface area contributed by atoms with Crippen molar-refractivity contribution >= 4 is 17.4 Å². The maximum atomic E-state index is 13.6. The third-order valence-electron chi connectivity index (χ3n) is 5.33. The van der Waals surface area contributed by atoms with Gasteiger partial charge >= 0.3 is 6.61 Å². The lowest BCUT2D eigenvalue weighted by Gasteiger charge is -2.27. The minimum absolute atomic E-state index is 0.129. The molecule has 1 aliphatic rings. The van der Waals surface area contributed by atoms with Gasteiger partial charge in [0.1, 0.15) is 17.3 Å². The van der Waals surface area contributed by atoms with Gasteiger partial charge < -0.3 is 14.6 Å². The van der Waals surface area contributed by atoms with Crippen LogP contribution in [0.4, 0.5) is 18.9 Å². The minimum Gasteiger partial charge on any atom is -0.503 e. The van der Waals surface area contributed by atoms with Crippen molar-refractivity contribution in [2.75, 3.05) is 12.0 Å². The number of halogens is 3. The number of aliphatic hydroxyl groups is 1. The largest absolute Gasteiger partial charge is 0.503 e. The summed E-state index contributed by atoms with van der Waals surface area (Å²) in [4.78, 5) is 27.6. The van der Waals surface area contributed by atoms with Crippen molar-refractivity contribution in [3.8, 4) is 11.5 Å². The van der Waals surface area contributed by atoms with E-state index in [1.165, 1.54) is 67.8 Å². The second kappa shape index (κ2) is 9.30. The molecule has 1 amide bonds. The van der Waals surface area contributed by atoms with E-state index in [1.807, 2.05) is 0 Å². The molecule has 0 bridgehead atoms. The Morgan fingerprint density at radius 3 is 2.09 bits per heavy atom. The molecule has 1 heterocycles. The van der Waals surface area contributed by atoms with Crippen LogP contribution < -0.4 is 14.4 Å². The van der Waals surface area contributed by atoms with Crippen LogP contribution in [0.3, 0.4) is 0 Å². The standard InChI is InChI=1S/C25H18F3NO5/c1-33-18-10-4-15(5-11-18)22(30)20-21(14-2-6-16(26)7-3-14)29(24(32)23(20)31)17-8-12-19(13-9-17)34-25(27)28/h2-13,21,25,31H,1H3. The number of hydrogen-bond acceptors (Lipinski definition) is 5. The molecule has 174 valence electrons. The Kier molecular flexibility index (Phi) is 6.27. The van der Waals surface area contributed by atoms with Gasteiger partial charge in [-0.2, -0.15) is 8.78 Å². The highest BCUT2D eigenvalue weighted by Gasteiger charge is 2.44. The second-order valence-corrected chi connectivity index (χ2v) is 7.32. The lowest BCUT2D eigenvalue weighted by Crippen LogP contribution is -2.31. The van der Waals surface area contributed by atoms with Gasteiger partial charge in [-0.15, -0.1) is 0 Å². The molecule has 0 spiro atoms. The Morgan fingerprint density at radius 2 is 1.53 bits per heavy atom. The van der Waals surface area contributed by atoms with Crippen molar-refractivity contribution in [1.82, 2.24) is 0 Å². The van der Waals surface area contributed by atoms with Crippen molar-refractivity contribution < 1.29 is 37.3 Å². The Morgan fingerprint density at radius 1 is 0.941 bits per heavy atom. The van der Waals surface area contributed by atoms with Gasteiger partial charge in [0.15, 0.2) is 11.5 Å². The summed E-state index contributed by atoms with van der Waals surface area (Å²) in [5, 5.41) is 10.7. The highest BCUT2D eigenvalue weighted by atomic mass is 19.3. The zero-order valence-corrected chi connectivity index (χ0v) is 17.7. The molecule has 0 fully saturated rings. The zero-order valence-electron chi connectivity index (χ0n) is 17.7. The molecule has 3 aromatic carbocycles. The molecular formula is C25H18F3NO5. The average Bonchev–Trinajstić information content (AvgIpc) is 3.10. The Hall–Kier alpha value is -4.27. The first-order valence-corrected chi connectivity index (χ1v) is 10.1. The SMILES string of the molecule is COc1ccc(C(=O)C2=C(O)C(=O)N(c3ccc(OC(F)F)cc3)C2c2ccc(F)cc2)cc1. The molecule has 0 aliphatic carbocycles. The van der Waals surface area contributed by atoms with Crippen LogP contribution in [-0.2, 0) is 4.79 Å². The lowest BCUT2D eigenvalue weighted by molar-refractivity contribution is -0.117. The number of benzene rings is 3. The number of methoxy groups -OCH3 is 1. The minimum atomic E-state index is -3.02. The maximum Gasteiger partial charge on any atom is 0.387 e. The van der Waals surface area contributed by atoms with E-state index in [0.717, 1.165) is 4.90 Å². The van der Waals surface area contributed by atoms with E-state index in [0.29, 0.717) is 11.3 Å². The third-order valence-corrected chi connectivity index (χ3v) is 5.33. The van der Waals surface area contributed by atoms with E-state index < -0.39 is 35.9 Å². The van der Waals surface area contributed by atoms with Gasteiger partial charge in [-0.1, -0.05) is 12.1 Å². The van der Waals surface area contributed by atoms with Gasteiger partial charge in [0.2, 0.25) is 0 Å². The topological polar surface area (TPSA) is 76.1 Å². The van der Waals surface area contributed by atoms with Crippen LogP contribution in [0.1, 0.15) is 22.0 Å². The smallest absolute Gasteiger partial charge is 0.387 e. The molecule has 1 unspecified atom stereocenters. The molecule has 9 heteroatoms. The summed E-state index contributed by atoms with van der Waals surface area (Å²) in [6.07, 6.45) is 0. The predicted molar refractivity (Wildman–Crippen MR) is 117 cm³/mol. The highest BCUT2D eigenvalue weighted by Crippen LogP contribution is 2.42. The number of nitrogens with zero attached hydrogens (tertiary/aromatic N) is 1. The van der Waals surface area contributed by atoms with Gasteiger partial charge in [0.05, 0.1) is 18.7 Å². The molecule has 6 nitrogen and oxygen atoms in total. The number of alkyl halides is 2. The Balaban J connectivity index is 1.79. The molecule has 4 rings (SSSR count). The number of hydrogen-bond donors (Lipinski definition) is 1. The van der Waals surface area contributed by atoms with Crippen LogP contribution in [0, 0.1) is 5.82 Å². The normalized spacial score (nSPS) is 15.7. The van der Waals surface area contributed by atoms with Crippen molar-refractivity contribution in [2.45, 2.75) is 12.7 Å². The van der Waals surface area contributed by atoms with Crippen LogP contribution in [0.2, 0.25) is 0 Å². The first-order chi connectivity index (χ1) is 16.3. The van der Waals surface area contributed by atoms with Gasteiger partial charge in [-0.25, -0.2) is 4.39 Å². The summed E-state index contributed by atoms with van der Waals surface area (Å²) in [5.74, 6) is -2.38. The number of anilines is 1. The molecule has 1 N–H and O–H groups in total. The van der Waals surface area contributed by atoms with E-state index >= 15 is 0 Å². The molecule has 1 aliphatic heterocycles. The van der Waals surface area contributed by atoms with Gasteiger partial charge in [-0.05, 0) is 66.2 Å². The van der Waals surface area contributed by atoms with Crippen molar-refractivity contribution in [3.63, 3.8) is 0 Å². The first-order valence-electron chi connectivity index (χ1n) is 10.1. The number of rotatable bonds is 7. The van der Waals surface area contributed by atoms with Crippen LogP contribution in [0.5, 0.6) is 11.5 Å². The summed E-state index contributed by atoms with van der Waals surface area (Å²) >= 11 is 0. The van der Waals surface area contributed by atoms with E-state index in [-0.39, 0.29) is 22.6 Å². The zero-order chi connectivity index (χ0) is 24.4. The quantitative estimate of drug-likeness (QED) is 0.481. The Bertz CT molecular complexity index is 1240. The summed E-state index contributed by atoms with van der Waals surface area (Å²) in [6.45, 7) is -3.02. The molecular weight excluding hydrogens is 451 g/mol. The first kappa shape index (κ1) is 22.9. The van der Waals surface area contributed by atoms with Crippen LogP contribution in [0.25, 0.3) is 0 Å². The van der Waals surface area contributed by atoms with Crippen molar-refractivity contribution in [3.05, 3.63) is 101 Å². The average molecular weight is 469 g/mol. The fraction of sp³-hybridized carbons (Fsp3) is 0.120. The Labute approximate surface area is 192 Å². The lowest BCUT2D eigenvalue weighted by atomic mass is 9.92. The van der Waals surface area contributed by atoms with Crippen LogP contribution >= 0.6 is 0 Å². The molecule has 0 aromatic heterocycles. The molecule has 34 heavy (non-hydrogen) atoms. The molecule has 0 saturated heterocycles. The number of amides is 1. The van der Waals surface area contributed by atoms with Gasteiger partial charge in [0.25, 0.3) is 5.91 Å². The monoisotopic (exact) mass is 469 g/mol. The number of carbonyl (C=O) groups excluding carboxylic acids is 2. The van der Waals surface area contributed by atoms with Crippen molar-refractivity contribution in [1.29, 1.82) is 0 Å². The predicted octanol–water partition coefficient (Wildman–Crippen LogP) is 5.22. The second-order valence-electron chi connectivity index (χ2n) is 7.32. The molecule has 0 radical (unpaired) electrons. The number of carbonyl (C=O) groups is 2. The van der Waals surface area contributed by atoms with E-state index in [4.69, 9.17) is 4.74 Å². The number of aliphatic hydroxyl groups excluding tert-OH is 1. The van der Waals surface area contributed by atoms with Crippen LogP contribution in [-0.4, -0.2) is 30.5 Å². The third kappa shape index (κ3) is 4.32. The molecule has 0 saturated carbocycles. The molecule has 3 aromatic rings. The molecule has 1 atom stereocenters. The van der Waals surface area contributed by atoms with Crippen LogP contribution in [0.15, 0.2) is 84.1 Å². The summed E-state index contributed by atoms with van der Waals surface area (Å²) in [7, 11) is 1.47. The number of Topliss-reactive ketones (excluding diaryl/α,β-unsaturated/α-hetero) is 1. The van der Waals surface area contributed by atoms with Crippen molar-refractivity contribution in [2.24, 2.45) is 0 Å². The van der Waals surface area contributed by atoms with E-state index in [9.17, 15) is 27.9 Å². The van der Waals surface area contributed by atoms with Gasteiger partial charge in [-0.3, -0.25) is 14.5 Å².